The summed E-state index contributed by atoms with van der Waals surface area (Å²) in [6.45, 7) is 0.257. The van der Waals surface area contributed by atoms with Crippen LogP contribution in [-0.4, -0.2) is 59.9 Å². The minimum absolute atomic E-state index is 0. The molecule has 0 amide bonds. The molecule has 1 unspecified atom stereocenters. The summed E-state index contributed by atoms with van der Waals surface area (Å²) in [5.41, 5.74) is 0. The Balaban J connectivity index is 0. The van der Waals surface area contributed by atoms with Crippen molar-refractivity contribution in [2.45, 2.75) is 60.3 Å². The van der Waals surface area contributed by atoms with Gasteiger partial charge in [-0.1, -0.05) is 6.92 Å². The SMILES string of the molecule is CCC(F)C(F)(F)C(F)(F)C(F)(F)C(F)(F)C(F)(F)C(F)(F)C(F)(F)S(=O)(=O)[O-].[K+]. The summed E-state index contributed by atoms with van der Waals surface area (Å²) >= 11 is 0. The van der Waals surface area contributed by atoms with E-state index in [-0.39, 0.29) is 58.3 Å². The molecule has 3 nitrogen and oxygen atoms in total. The molecule has 176 valence electrons. The van der Waals surface area contributed by atoms with Crippen LogP contribution in [0.4, 0.5) is 65.9 Å². The molecule has 20 heteroatoms. The van der Waals surface area contributed by atoms with Gasteiger partial charge in [-0.15, -0.1) is 0 Å². The predicted molar refractivity (Wildman–Crippen MR) is 59.5 cm³/mol. The van der Waals surface area contributed by atoms with Gasteiger partial charge in [0.05, 0.1) is 0 Å². The number of rotatable bonds is 9. The fourth-order valence-corrected chi connectivity index (χ4v) is 2.04. The van der Waals surface area contributed by atoms with Gasteiger partial charge in [-0.25, -0.2) is 12.8 Å². The molecule has 0 spiro atoms. The number of halogens is 15. The second-order valence-corrected chi connectivity index (χ2v) is 6.76. The van der Waals surface area contributed by atoms with Crippen LogP contribution < -0.4 is 51.4 Å². The van der Waals surface area contributed by atoms with Gasteiger partial charge in [0.15, 0.2) is 16.3 Å². The summed E-state index contributed by atoms with van der Waals surface area (Å²) in [7, 11) is -8.02. The zero-order valence-corrected chi connectivity index (χ0v) is 18.0. The molecule has 0 N–H and O–H groups in total. The Kier molecular flexibility index (Phi) is 9.47. The van der Waals surface area contributed by atoms with Crippen LogP contribution in [0.3, 0.4) is 0 Å². The van der Waals surface area contributed by atoms with Crippen molar-refractivity contribution in [2.24, 2.45) is 0 Å². The third-order valence-corrected chi connectivity index (χ3v) is 4.31. The molecule has 0 aromatic rings. The van der Waals surface area contributed by atoms with E-state index in [2.05, 4.69) is 0 Å². The Labute approximate surface area is 199 Å². The van der Waals surface area contributed by atoms with Gasteiger partial charge in [0, 0.05) is 0 Å². The van der Waals surface area contributed by atoms with Crippen molar-refractivity contribution >= 4 is 10.1 Å². The average Bonchev–Trinajstić information content (AvgIpc) is 2.51. The molecule has 0 aliphatic carbocycles. The zero-order valence-electron chi connectivity index (χ0n) is 14.1. The molecular formula is C10H6F15KO3S. The Bertz CT molecular complexity index is 720. The van der Waals surface area contributed by atoms with Crippen molar-refractivity contribution in [3.8, 4) is 0 Å². The molecule has 0 aliphatic heterocycles. The van der Waals surface area contributed by atoms with Crippen molar-refractivity contribution in [3.05, 3.63) is 0 Å². The fourth-order valence-electron chi connectivity index (χ4n) is 1.59. The summed E-state index contributed by atoms with van der Waals surface area (Å²) < 4.78 is 226. The smallest absolute Gasteiger partial charge is 0.743 e. The number of alkyl halides is 15. The molecular weight excluding hydrogens is 524 g/mol. The largest absolute Gasteiger partial charge is 1.00 e. The monoisotopic (exact) mass is 530 g/mol. The van der Waals surface area contributed by atoms with E-state index >= 15 is 0 Å². The summed E-state index contributed by atoms with van der Waals surface area (Å²) in [5, 5.41) is -7.80. The molecule has 0 bridgehead atoms. The second-order valence-electron chi connectivity index (χ2n) is 5.34. The third-order valence-electron chi connectivity index (χ3n) is 3.43. The normalized spacial score (nSPS) is 16.8. The van der Waals surface area contributed by atoms with Crippen molar-refractivity contribution in [3.63, 3.8) is 0 Å². The van der Waals surface area contributed by atoms with E-state index in [9.17, 15) is 78.8 Å². The standard InChI is InChI=1S/C10H7F15O3S.K/c1-2-3(11)4(12,13)5(14,15)6(16,17)7(18,19)8(20,21)9(22,23)10(24,25)29(26,27)28;/h3H,2H2,1H3,(H,26,27,28);/q;+1/p-1. The van der Waals surface area contributed by atoms with E-state index in [4.69, 9.17) is 0 Å². The van der Waals surface area contributed by atoms with Gasteiger partial charge in [-0.2, -0.15) is 61.5 Å². The molecule has 0 aliphatic rings. The van der Waals surface area contributed by atoms with Crippen molar-refractivity contribution < 1.29 is 130 Å². The van der Waals surface area contributed by atoms with Crippen LogP contribution in [-0.2, 0) is 10.1 Å². The van der Waals surface area contributed by atoms with Gasteiger partial charge in [-0.05, 0) is 6.42 Å². The van der Waals surface area contributed by atoms with E-state index in [1.54, 1.807) is 0 Å². The predicted octanol–water partition coefficient (Wildman–Crippen LogP) is 1.69. The van der Waals surface area contributed by atoms with Crippen molar-refractivity contribution in [1.82, 2.24) is 0 Å². The second kappa shape index (κ2) is 8.69. The van der Waals surface area contributed by atoms with Gasteiger partial charge < -0.3 is 4.55 Å². The molecule has 0 aromatic carbocycles. The van der Waals surface area contributed by atoms with Gasteiger partial charge in [0.25, 0.3) is 0 Å². The van der Waals surface area contributed by atoms with E-state index < -0.39 is 63.5 Å². The van der Waals surface area contributed by atoms with Crippen LogP contribution in [0.25, 0.3) is 0 Å². The van der Waals surface area contributed by atoms with Crippen LogP contribution in [0, 0.1) is 0 Å². The van der Waals surface area contributed by atoms with Crippen molar-refractivity contribution in [1.29, 1.82) is 0 Å². The van der Waals surface area contributed by atoms with Gasteiger partial charge in [-0.3, -0.25) is 0 Å². The van der Waals surface area contributed by atoms with E-state index in [1.807, 2.05) is 0 Å². The van der Waals surface area contributed by atoms with Gasteiger partial charge >= 0.3 is 92.2 Å². The first-order chi connectivity index (χ1) is 12.2. The molecule has 30 heavy (non-hydrogen) atoms. The maximum atomic E-state index is 13.2. The first-order valence-corrected chi connectivity index (χ1v) is 7.88. The minimum Gasteiger partial charge on any atom is -0.743 e. The molecule has 0 aromatic heterocycles. The molecule has 0 heterocycles. The van der Waals surface area contributed by atoms with Crippen LogP contribution in [0.15, 0.2) is 0 Å². The maximum absolute atomic E-state index is 13.2. The molecule has 0 radical (unpaired) electrons. The van der Waals surface area contributed by atoms with Crippen LogP contribution >= 0.6 is 0 Å². The van der Waals surface area contributed by atoms with E-state index in [1.165, 1.54) is 0 Å². The molecule has 0 rings (SSSR count). The molecule has 1 atom stereocenters. The first-order valence-electron chi connectivity index (χ1n) is 6.47. The molecule has 0 fully saturated rings. The first kappa shape index (κ1) is 32.7. The van der Waals surface area contributed by atoms with Crippen LogP contribution in [0.1, 0.15) is 13.3 Å². The summed E-state index contributed by atoms with van der Waals surface area (Å²) in [4.78, 5) is 0. The third kappa shape index (κ3) is 4.21. The average molecular weight is 530 g/mol. The van der Waals surface area contributed by atoms with E-state index in [0.717, 1.165) is 0 Å². The molecule has 0 saturated carbocycles. The Morgan fingerprint density at radius 3 is 1.20 bits per heavy atom. The molecule has 0 saturated heterocycles. The quantitative estimate of drug-likeness (QED) is 0.259. The topological polar surface area (TPSA) is 57.2 Å². The zero-order chi connectivity index (χ0) is 24.3. The van der Waals surface area contributed by atoms with Crippen molar-refractivity contribution in [2.75, 3.05) is 0 Å². The van der Waals surface area contributed by atoms with Crippen LogP contribution in [0.5, 0.6) is 0 Å². The Hall–Kier alpha value is 0.496. The summed E-state index contributed by atoms with van der Waals surface area (Å²) in [6, 6.07) is 0. The van der Waals surface area contributed by atoms with Crippen LogP contribution in [0.2, 0.25) is 0 Å². The fraction of sp³-hybridized carbons (Fsp3) is 1.00. The Morgan fingerprint density at radius 2 is 0.933 bits per heavy atom. The van der Waals surface area contributed by atoms with Gasteiger partial charge in [0.1, 0.15) is 0 Å². The maximum Gasteiger partial charge on any atom is 1.00 e. The van der Waals surface area contributed by atoms with Gasteiger partial charge in [0.2, 0.25) is 0 Å². The minimum atomic E-state index is -8.57. The van der Waals surface area contributed by atoms with E-state index in [0.29, 0.717) is 0 Å². The number of hydrogen-bond acceptors (Lipinski definition) is 3. The number of hydrogen-bond donors (Lipinski definition) is 0. The summed E-state index contributed by atoms with van der Waals surface area (Å²) in [6.07, 6.45) is -6.25. The summed E-state index contributed by atoms with van der Waals surface area (Å²) in [5.74, 6) is -48.6. The Morgan fingerprint density at radius 1 is 0.667 bits per heavy atom.